The molecule has 1 fully saturated rings. The van der Waals surface area contributed by atoms with Gasteiger partial charge < -0.3 is 10.2 Å². The molecular weight excluding hydrogens is 248 g/mol. The molecule has 1 aliphatic rings. The first-order chi connectivity index (χ1) is 8.54. The van der Waals surface area contributed by atoms with E-state index in [1.165, 1.54) is 0 Å². The van der Waals surface area contributed by atoms with Crippen molar-refractivity contribution in [1.29, 1.82) is 0 Å². The quantitative estimate of drug-likeness (QED) is 0.560. The molecule has 1 N–H and O–H groups in total. The zero-order valence-corrected chi connectivity index (χ0v) is 12.0. The first kappa shape index (κ1) is 15.1. The lowest BCUT2D eigenvalue weighted by atomic mass is 10.0. The zero-order valence-electron chi connectivity index (χ0n) is 11.1. The maximum absolute atomic E-state index is 12.2. The Morgan fingerprint density at radius 3 is 2.89 bits per heavy atom. The lowest BCUT2D eigenvalue weighted by Gasteiger charge is -2.33. The van der Waals surface area contributed by atoms with Gasteiger partial charge in [0.25, 0.3) is 0 Å². The number of nitrogens with zero attached hydrogens (tertiary/aromatic N) is 1. The van der Waals surface area contributed by atoms with E-state index >= 15 is 0 Å². The molecule has 18 heavy (non-hydrogen) atoms. The highest BCUT2D eigenvalue weighted by atomic mass is 32.2. The molecule has 1 atom stereocenters. The number of nitrogens with one attached hydrogen (secondary N) is 1. The van der Waals surface area contributed by atoms with Gasteiger partial charge in [-0.2, -0.15) is 11.8 Å². The van der Waals surface area contributed by atoms with Crippen molar-refractivity contribution in [2.45, 2.75) is 26.3 Å². The van der Waals surface area contributed by atoms with Crippen LogP contribution in [0.3, 0.4) is 0 Å². The second-order valence-corrected chi connectivity index (χ2v) is 6.02. The van der Waals surface area contributed by atoms with Gasteiger partial charge in [0.15, 0.2) is 0 Å². The van der Waals surface area contributed by atoms with Gasteiger partial charge in [0.1, 0.15) is 6.04 Å². The van der Waals surface area contributed by atoms with Crippen molar-refractivity contribution < 1.29 is 9.59 Å². The molecule has 0 bridgehead atoms. The topological polar surface area (TPSA) is 49.4 Å². The van der Waals surface area contributed by atoms with E-state index in [9.17, 15) is 9.59 Å². The number of rotatable bonds is 7. The van der Waals surface area contributed by atoms with Crippen molar-refractivity contribution >= 4 is 23.6 Å². The molecule has 1 aliphatic heterocycles. The van der Waals surface area contributed by atoms with E-state index in [4.69, 9.17) is 0 Å². The standard InChI is InChI=1S/C13H22N2O2S/c1-4-6-18-7-5-15-9-12(16)14-11(13(15)17)8-10(2)3/h4,10-11H,1,5-9H2,2-3H3,(H,14,16). The maximum Gasteiger partial charge on any atom is 0.245 e. The maximum atomic E-state index is 12.2. The Kier molecular flexibility index (Phi) is 6.25. The van der Waals surface area contributed by atoms with Crippen molar-refractivity contribution in [3.05, 3.63) is 12.7 Å². The third-order valence-electron chi connectivity index (χ3n) is 2.73. The minimum absolute atomic E-state index is 0.0472. The number of amides is 2. The molecule has 2 amide bonds. The SMILES string of the molecule is C=CCSCCN1CC(=O)NC(CC(C)C)C1=O. The molecule has 0 aromatic rings. The van der Waals surface area contributed by atoms with Crippen LogP contribution in [-0.2, 0) is 9.59 Å². The van der Waals surface area contributed by atoms with Crippen LogP contribution in [0, 0.1) is 5.92 Å². The van der Waals surface area contributed by atoms with Gasteiger partial charge >= 0.3 is 0 Å². The minimum atomic E-state index is -0.337. The molecule has 5 heteroatoms. The summed E-state index contributed by atoms with van der Waals surface area (Å²) in [6, 6.07) is -0.337. The molecule has 0 radical (unpaired) electrons. The van der Waals surface area contributed by atoms with Gasteiger partial charge in [0.05, 0.1) is 6.54 Å². The van der Waals surface area contributed by atoms with Crippen LogP contribution < -0.4 is 5.32 Å². The van der Waals surface area contributed by atoms with Gasteiger partial charge in [-0.25, -0.2) is 0 Å². The Balaban J connectivity index is 2.48. The second kappa shape index (κ2) is 7.46. The molecule has 1 rings (SSSR count). The summed E-state index contributed by atoms with van der Waals surface area (Å²) in [6.45, 7) is 8.59. The summed E-state index contributed by atoms with van der Waals surface area (Å²) < 4.78 is 0. The highest BCUT2D eigenvalue weighted by molar-refractivity contribution is 7.99. The van der Waals surface area contributed by atoms with Gasteiger partial charge in [-0.3, -0.25) is 9.59 Å². The molecule has 1 unspecified atom stereocenters. The van der Waals surface area contributed by atoms with E-state index in [0.717, 1.165) is 11.5 Å². The van der Waals surface area contributed by atoms with Crippen molar-refractivity contribution in [3.8, 4) is 0 Å². The summed E-state index contributed by atoms with van der Waals surface area (Å²) in [5.74, 6) is 2.13. The molecular formula is C13H22N2O2S. The molecule has 0 spiro atoms. The van der Waals surface area contributed by atoms with Crippen molar-refractivity contribution in [2.75, 3.05) is 24.6 Å². The molecule has 0 aromatic carbocycles. The van der Waals surface area contributed by atoms with E-state index in [1.54, 1.807) is 16.7 Å². The molecule has 102 valence electrons. The van der Waals surface area contributed by atoms with E-state index in [2.05, 4.69) is 25.7 Å². The normalized spacial score (nSPS) is 20.2. The minimum Gasteiger partial charge on any atom is -0.343 e. The Morgan fingerprint density at radius 1 is 1.56 bits per heavy atom. The zero-order chi connectivity index (χ0) is 13.5. The Morgan fingerprint density at radius 2 is 2.28 bits per heavy atom. The van der Waals surface area contributed by atoms with Gasteiger partial charge in [0.2, 0.25) is 11.8 Å². The van der Waals surface area contributed by atoms with Gasteiger partial charge in [-0.15, -0.1) is 6.58 Å². The van der Waals surface area contributed by atoms with E-state index in [-0.39, 0.29) is 24.4 Å². The van der Waals surface area contributed by atoms with Gasteiger partial charge in [-0.1, -0.05) is 19.9 Å². The molecule has 4 nitrogen and oxygen atoms in total. The number of hydrogen-bond acceptors (Lipinski definition) is 3. The number of carbonyl (C=O) groups is 2. The van der Waals surface area contributed by atoms with Crippen LogP contribution in [0.5, 0.6) is 0 Å². The van der Waals surface area contributed by atoms with Crippen molar-refractivity contribution in [3.63, 3.8) is 0 Å². The molecule has 0 saturated carbocycles. The summed E-state index contributed by atoms with van der Waals surface area (Å²) in [5, 5.41) is 2.78. The van der Waals surface area contributed by atoms with E-state index in [0.29, 0.717) is 18.9 Å². The molecule has 0 aromatic heterocycles. The number of carbonyl (C=O) groups excluding carboxylic acids is 2. The number of hydrogen-bond donors (Lipinski definition) is 1. The number of thioether (sulfide) groups is 1. The summed E-state index contributed by atoms with van der Waals surface area (Å²) in [7, 11) is 0. The van der Waals surface area contributed by atoms with Crippen molar-refractivity contribution in [1.82, 2.24) is 10.2 Å². The predicted octanol–water partition coefficient (Wildman–Crippen LogP) is 1.28. The van der Waals surface area contributed by atoms with Crippen molar-refractivity contribution in [2.24, 2.45) is 5.92 Å². The second-order valence-electron chi connectivity index (χ2n) is 4.87. The van der Waals surface area contributed by atoms with Crippen LogP contribution in [0.25, 0.3) is 0 Å². The van der Waals surface area contributed by atoms with Gasteiger partial charge in [0, 0.05) is 18.1 Å². The Labute approximate surface area is 113 Å². The highest BCUT2D eigenvalue weighted by Crippen LogP contribution is 2.12. The first-order valence-electron chi connectivity index (χ1n) is 6.31. The van der Waals surface area contributed by atoms with Crippen LogP contribution in [0.4, 0.5) is 0 Å². The van der Waals surface area contributed by atoms with Crippen LogP contribution in [0.2, 0.25) is 0 Å². The molecule has 1 heterocycles. The van der Waals surface area contributed by atoms with Crippen LogP contribution in [-0.4, -0.2) is 47.4 Å². The molecule has 0 aliphatic carbocycles. The number of piperazine rings is 1. The van der Waals surface area contributed by atoms with Crippen LogP contribution >= 0.6 is 11.8 Å². The Bertz CT molecular complexity index is 318. The highest BCUT2D eigenvalue weighted by Gasteiger charge is 2.32. The molecule has 1 saturated heterocycles. The third kappa shape index (κ3) is 4.72. The smallest absolute Gasteiger partial charge is 0.245 e. The fourth-order valence-electron chi connectivity index (χ4n) is 1.94. The fourth-order valence-corrected chi connectivity index (χ4v) is 2.62. The predicted molar refractivity (Wildman–Crippen MR) is 75.5 cm³/mol. The Hall–Kier alpha value is -0.970. The lowest BCUT2D eigenvalue weighted by Crippen LogP contribution is -2.58. The summed E-state index contributed by atoms with van der Waals surface area (Å²) in [6.07, 6.45) is 2.55. The summed E-state index contributed by atoms with van der Waals surface area (Å²) >= 11 is 1.72. The van der Waals surface area contributed by atoms with E-state index < -0.39 is 0 Å². The average molecular weight is 270 g/mol. The summed E-state index contributed by atoms with van der Waals surface area (Å²) in [5.41, 5.74) is 0. The average Bonchev–Trinajstić information content (AvgIpc) is 2.29. The van der Waals surface area contributed by atoms with Crippen LogP contribution in [0.1, 0.15) is 20.3 Å². The lowest BCUT2D eigenvalue weighted by molar-refractivity contribution is -0.144. The van der Waals surface area contributed by atoms with Gasteiger partial charge in [-0.05, 0) is 12.3 Å². The van der Waals surface area contributed by atoms with Crippen LogP contribution in [0.15, 0.2) is 12.7 Å². The first-order valence-corrected chi connectivity index (χ1v) is 7.46. The largest absolute Gasteiger partial charge is 0.343 e. The summed E-state index contributed by atoms with van der Waals surface area (Å²) in [4.78, 5) is 25.4. The fraction of sp³-hybridized carbons (Fsp3) is 0.692. The third-order valence-corrected chi connectivity index (χ3v) is 3.67. The monoisotopic (exact) mass is 270 g/mol. The van der Waals surface area contributed by atoms with E-state index in [1.807, 2.05) is 6.08 Å².